The third kappa shape index (κ3) is 3.85. The van der Waals surface area contributed by atoms with E-state index in [-0.39, 0.29) is 5.69 Å². The number of halogens is 1. The van der Waals surface area contributed by atoms with Gasteiger partial charge in [-0.25, -0.2) is 24.0 Å². The van der Waals surface area contributed by atoms with Crippen molar-refractivity contribution in [2.75, 3.05) is 5.32 Å². The molecular formula is C18H15FN8OS. The highest BCUT2D eigenvalue weighted by atomic mass is 32.2. The number of nitrogens with zero attached hydrogens (tertiary/aromatic N) is 6. The van der Waals surface area contributed by atoms with Gasteiger partial charge in [-0.1, -0.05) is 17.0 Å². The average Bonchev–Trinajstić information content (AvgIpc) is 3.24. The number of aliphatic imine (C=N–C) groups is 1. The lowest BCUT2D eigenvalue weighted by molar-refractivity contribution is 0.102. The van der Waals surface area contributed by atoms with Crippen LogP contribution in [0.15, 0.2) is 59.5 Å². The number of hydrogen-bond acceptors (Lipinski definition) is 8. The van der Waals surface area contributed by atoms with Crippen LogP contribution in [0.1, 0.15) is 23.0 Å². The average molecular weight is 410 g/mol. The van der Waals surface area contributed by atoms with Crippen molar-refractivity contribution in [2.45, 2.75) is 12.5 Å². The fraction of sp³-hybridized carbons (Fsp3) is 0.111. The Hall–Kier alpha value is -3.60. The molecule has 0 spiro atoms. The first-order valence-corrected chi connectivity index (χ1v) is 9.32. The molecule has 0 fully saturated rings. The smallest absolute Gasteiger partial charge is 0.275 e. The molecule has 0 saturated carbocycles. The number of rotatable bonds is 4. The van der Waals surface area contributed by atoms with Crippen molar-refractivity contribution in [3.8, 4) is 5.82 Å². The summed E-state index contributed by atoms with van der Waals surface area (Å²) in [4.78, 5) is 25.1. The van der Waals surface area contributed by atoms with Crippen molar-refractivity contribution in [1.29, 1.82) is 0 Å². The van der Waals surface area contributed by atoms with Gasteiger partial charge in [0.15, 0.2) is 11.0 Å². The van der Waals surface area contributed by atoms with Gasteiger partial charge in [-0.3, -0.25) is 4.79 Å². The Morgan fingerprint density at radius 3 is 2.86 bits per heavy atom. The molecule has 1 aliphatic rings. The lowest BCUT2D eigenvalue weighted by atomic mass is 9.92. The van der Waals surface area contributed by atoms with Gasteiger partial charge in [0.1, 0.15) is 17.1 Å². The van der Waals surface area contributed by atoms with E-state index in [0.717, 1.165) is 0 Å². The molecule has 29 heavy (non-hydrogen) atoms. The van der Waals surface area contributed by atoms with Crippen LogP contribution >= 0.6 is 11.8 Å². The molecule has 4 rings (SSSR count). The van der Waals surface area contributed by atoms with Crippen LogP contribution in [0.5, 0.6) is 0 Å². The van der Waals surface area contributed by atoms with Crippen LogP contribution in [0, 0.1) is 5.82 Å². The maximum atomic E-state index is 14.5. The molecule has 146 valence electrons. The first-order valence-electron chi connectivity index (χ1n) is 8.44. The zero-order valence-corrected chi connectivity index (χ0v) is 16.0. The van der Waals surface area contributed by atoms with Gasteiger partial charge >= 0.3 is 0 Å². The van der Waals surface area contributed by atoms with Crippen LogP contribution in [-0.2, 0) is 5.54 Å². The minimum atomic E-state index is -0.959. The van der Waals surface area contributed by atoms with Crippen molar-refractivity contribution in [3.05, 3.63) is 71.5 Å². The summed E-state index contributed by atoms with van der Waals surface area (Å²) in [5.41, 5.74) is 5.62. The molecule has 0 bridgehead atoms. The molecule has 1 aromatic carbocycles. The Labute approximate surface area is 169 Å². The van der Waals surface area contributed by atoms with Crippen LogP contribution in [0.4, 0.5) is 10.1 Å². The minimum absolute atomic E-state index is 0.0992. The predicted molar refractivity (Wildman–Crippen MR) is 107 cm³/mol. The topological polar surface area (TPSA) is 124 Å². The lowest BCUT2D eigenvalue weighted by Crippen LogP contribution is -2.25. The van der Waals surface area contributed by atoms with E-state index in [1.165, 1.54) is 53.2 Å². The molecule has 3 N–H and O–H groups in total. The highest BCUT2D eigenvalue weighted by molar-refractivity contribution is 8.16. The summed E-state index contributed by atoms with van der Waals surface area (Å²) in [5, 5.41) is 12.3. The summed E-state index contributed by atoms with van der Waals surface area (Å²) in [7, 11) is 0. The van der Waals surface area contributed by atoms with Gasteiger partial charge in [0, 0.05) is 11.3 Å². The fourth-order valence-electron chi connectivity index (χ4n) is 2.75. The van der Waals surface area contributed by atoms with Crippen molar-refractivity contribution in [2.24, 2.45) is 10.7 Å². The van der Waals surface area contributed by atoms with E-state index in [1.54, 1.807) is 24.6 Å². The first-order chi connectivity index (χ1) is 13.9. The maximum absolute atomic E-state index is 14.5. The van der Waals surface area contributed by atoms with E-state index in [1.807, 2.05) is 0 Å². The van der Waals surface area contributed by atoms with E-state index in [0.29, 0.717) is 22.2 Å². The maximum Gasteiger partial charge on any atom is 0.275 e. The number of nitrogens with one attached hydrogen (secondary N) is 1. The van der Waals surface area contributed by atoms with Crippen LogP contribution in [0.25, 0.3) is 5.82 Å². The van der Waals surface area contributed by atoms with Gasteiger partial charge in [0.05, 0.1) is 24.8 Å². The highest BCUT2D eigenvalue weighted by Gasteiger charge is 2.29. The Kier molecular flexibility index (Phi) is 4.80. The molecule has 1 amide bonds. The van der Waals surface area contributed by atoms with E-state index in [9.17, 15) is 9.18 Å². The molecule has 2 aromatic heterocycles. The monoisotopic (exact) mass is 410 g/mol. The largest absolute Gasteiger partial charge is 0.378 e. The third-order valence-corrected chi connectivity index (χ3v) is 4.83. The molecule has 9 nitrogen and oxygen atoms in total. The summed E-state index contributed by atoms with van der Waals surface area (Å²) in [6, 6.07) is 4.27. The highest BCUT2D eigenvalue weighted by Crippen LogP contribution is 2.35. The Balaban J connectivity index is 1.56. The zero-order valence-electron chi connectivity index (χ0n) is 15.2. The number of thioether (sulfide) groups is 1. The second-order valence-corrected chi connectivity index (χ2v) is 7.20. The summed E-state index contributed by atoms with van der Waals surface area (Å²) in [5.74, 6) is -0.507. The molecule has 3 aromatic rings. The zero-order chi connectivity index (χ0) is 20.4. The van der Waals surface area contributed by atoms with E-state index in [4.69, 9.17) is 5.73 Å². The van der Waals surface area contributed by atoms with E-state index in [2.05, 4.69) is 30.6 Å². The summed E-state index contributed by atoms with van der Waals surface area (Å²) in [6.07, 6.45) is 7.60. The van der Waals surface area contributed by atoms with E-state index >= 15 is 0 Å². The Morgan fingerprint density at radius 2 is 2.17 bits per heavy atom. The van der Waals surface area contributed by atoms with Gasteiger partial charge in [-0.2, -0.15) is 0 Å². The summed E-state index contributed by atoms with van der Waals surface area (Å²) in [6.45, 7) is 1.74. The first kappa shape index (κ1) is 18.7. The molecule has 11 heteroatoms. The van der Waals surface area contributed by atoms with Gasteiger partial charge in [-0.05, 0) is 36.6 Å². The van der Waals surface area contributed by atoms with Gasteiger partial charge in [0.2, 0.25) is 0 Å². The number of carbonyl (C=O) groups is 1. The third-order valence-electron chi connectivity index (χ3n) is 4.22. The number of carbonyl (C=O) groups excluding carboxylic acids is 1. The lowest BCUT2D eigenvalue weighted by Gasteiger charge is -2.26. The molecule has 0 aliphatic carbocycles. The second-order valence-electron chi connectivity index (χ2n) is 6.27. The van der Waals surface area contributed by atoms with Crippen molar-refractivity contribution in [1.82, 2.24) is 25.0 Å². The molecule has 1 aliphatic heterocycles. The Bertz CT molecular complexity index is 1110. The molecule has 3 heterocycles. The van der Waals surface area contributed by atoms with Crippen LogP contribution < -0.4 is 11.1 Å². The number of nitrogens with two attached hydrogens (primary N) is 1. The number of amides is 1. The molecular weight excluding hydrogens is 395 g/mol. The number of hydrogen-bond donors (Lipinski definition) is 2. The normalized spacial score (nSPS) is 18.3. The molecule has 1 atom stereocenters. The molecule has 0 unspecified atom stereocenters. The standard InChI is InChI=1S/C18H15FN8OS/c1-18(4-7-29-17(20)25-18)12-8-11(2-3-13(12)19)24-16(28)14-9-22-15(10-21-14)27-6-5-23-26-27/h2-10H,1H3,(H2,20,25)(H,24,28)/t18-/m0/s1. The Morgan fingerprint density at radius 1 is 1.31 bits per heavy atom. The van der Waals surface area contributed by atoms with E-state index < -0.39 is 17.3 Å². The van der Waals surface area contributed by atoms with Crippen molar-refractivity contribution < 1.29 is 9.18 Å². The van der Waals surface area contributed by atoms with Gasteiger partial charge in [-0.15, -0.1) is 5.10 Å². The number of anilines is 1. The second kappa shape index (κ2) is 7.43. The van der Waals surface area contributed by atoms with Gasteiger partial charge < -0.3 is 11.1 Å². The SMILES string of the molecule is C[C@@]1(c2cc(NC(=O)c3cnc(-n4ccnn4)cn3)ccc2F)C=CSC(N)=N1. The number of aromatic nitrogens is 5. The quantitative estimate of drug-likeness (QED) is 0.676. The predicted octanol–water partition coefficient (Wildman–Crippen LogP) is 2.24. The summed E-state index contributed by atoms with van der Waals surface area (Å²) < 4.78 is 15.9. The van der Waals surface area contributed by atoms with Crippen LogP contribution in [-0.4, -0.2) is 36.0 Å². The number of amidine groups is 1. The van der Waals surface area contributed by atoms with Crippen molar-refractivity contribution >= 4 is 28.5 Å². The number of benzene rings is 1. The molecule has 0 saturated heterocycles. The minimum Gasteiger partial charge on any atom is -0.378 e. The molecule has 0 radical (unpaired) electrons. The fourth-order valence-corrected chi connectivity index (χ4v) is 3.47. The summed E-state index contributed by atoms with van der Waals surface area (Å²) >= 11 is 1.26. The van der Waals surface area contributed by atoms with Crippen LogP contribution in [0.3, 0.4) is 0 Å². The van der Waals surface area contributed by atoms with Crippen LogP contribution in [0.2, 0.25) is 0 Å². The van der Waals surface area contributed by atoms with Gasteiger partial charge in [0.25, 0.3) is 5.91 Å². The van der Waals surface area contributed by atoms with Crippen molar-refractivity contribution in [3.63, 3.8) is 0 Å².